The summed E-state index contributed by atoms with van der Waals surface area (Å²) in [6.45, 7) is 1.91. The van der Waals surface area contributed by atoms with Gasteiger partial charge in [0.25, 0.3) is 0 Å². The summed E-state index contributed by atoms with van der Waals surface area (Å²) >= 11 is 0. The van der Waals surface area contributed by atoms with Gasteiger partial charge < -0.3 is 15.9 Å². The van der Waals surface area contributed by atoms with Gasteiger partial charge in [-0.2, -0.15) is 0 Å². The standard InChI is InChI=1S/C12H17NO3/c1-8-5-9(7-15)12(16)10(6-8)11(13)3-2-4-14/h5-7,11,14,16H,2-4,13H2,1H3/t11-/m0/s1. The molecule has 0 radical (unpaired) electrons. The number of carbonyl (C=O) groups is 1. The number of phenols is 1. The molecule has 16 heavy (non-hydrogen) atoms. The zero-order valence-electron chi connectivity index (χ0n) is 9.31. The van der Waals surface area contributed by atoms with E-state index < -0.39 is 0 Å². The van der Waals surface area contributed by atoms with Crippen molar-refractivity contribution in [2.45, 2.75) is 25.8 Å². The van der Waals surface area contributed by atoms with E-state index in [0.717, 1.165) is 5.56 Å². The van der Waals surface area contributed by atoms with Gasteiger partial charge in [-0.1, -0.05) is 6.07 Å². The van der Waals surface area contributed by atoms with E-state index in [2.05, 4.69) is 0 Å². The van der Waals surface area contributed by atoms with Crippen molar-refractivity contribution in [3.63, 3.8) is 0 Å². The van der Waals surface area contributed by atoms with Gasteiger partial charge in [-0.25, -0.2) is 0 Å². The first kappa shape index (κ1) is 12.7. The molecule has 0 saturated carbocycles. The Bertz CT molecular complexity index is 377. The Balaban J connectivity index is 3.02. The van der Waals surface area contributed by atoms with E-state index in [0.29, 0.717) is 24.7 Å². The Morgan fingerprint density at radius 1 is 1.50 bits per heavy atom. The first-order valence-electron chi connectivity index (χ1n) is 5.25. The van der Waals surface area contributed by atoms with E-state index in [1.54, 1.807) is 12.1 Å². The van der Waals surface area contributed by atoms with Crippen LogP contribution in [0.2, 0.25) is 0 Å². The van der Waals surface area contributed by atoms with E-state index >= 15 is 0 Å². The highest BCUT2D eigenvalue weighted by atomic mass is 16.3. The summed E-state index contributed by atoms with van der Waals surface area (Å²) in [4.78, 5) is 10.7. The van der Waals surface area contributed by atoms with Gasteiger partial charge >= 0.3 is 0 Å². The minimum atomic E-state index is -0.356. The summed E-state index contributed by atoms with van der Waals surface area (Å²) in [6.07, 6.45) is 1.77. The fourth-order valence-corrected chi connectivity index (χ4v) is 1.67. The second-order valence-electron chi connectivity index (χ2n) is 3.88. The molecule has 0 aliphatic carbocycles. The molecule has 0 heterocycles. The molecule has 0 aliphatic heterocycles. The third-order valence-corrected chi connectivity index (χ3v) is 2.51. The second-order valence-corrected chi connectivity index (χ2v) is 3.88. The van der Waals surface area contributed by atoms with Crippen LogP contribution in [0.4, 0.5) is 0 Å². The predicted octanol–water partition coefficient (Wildman–Crippen LogP) is 1.29. The SMILES string of the molecule is Cc1cc(C=O)c(O)c([C@@H](N)CCCO)c1. The van der Waals surface area contributed by atoms with Crippen LogP contribution in [0.25, 0.3) is 0 Å². The number of aliphatic hydroxyl groups excluding tert-OH is 1. The van der Waals surface area contributed by atoms with Crippen molar-refractivity contribution in [2.24, 2.45) is 5.73 Å². The number of hydrogen-bond donors (Lipinski definition) is 3. The van der Waals surface area contributed by atoms with Crippen LogP contribution in [0.15, 0.2) is 12.1 Å². The number of carbonyl (C=O) groups excluding carboxylic acids is 1. The molecule has 0 unspecified atom stereocenters. The molecule has 0 bridgehead atoms. The largest absolute Gasteiger partial charge is 0.507 e. The number of aryl methyl sites for hydroxylation is 1. The summed E-state index contributed by atoms with van der Waals surface area (Å²) in [6, 6.07) is 3.03. The molecular formula is C12H17NO3. The van der Waals surface area contributed by atoms with Crippen molar-refractivity contribution in [1.82, 2.24) is 0 Å². The van der Waals surface area contributed by atoms with Gasteiger partial charge in [-0.15, -0.1) is 0 Å². The number of aldehydes is 1. The van der Waals surface area contributed by atoms with E-state index in [-0.39, 0.29) is 24.0 Å². The van der Waals surface area contributed by atoms with Crippen molar-refractivity contribution in [3.8, 4) is 5.75 Å². The molecule has 4 heteroatoms. The van der Waals surface area contributed by atoms with Crippen LogP contribution >= 0.6 is 0 Å². The van der Waals surface area contributed by atoms with Crippen LogP contribution in [-0.4, -0.2) is 23.1 Å². The maximum absolute atomic E-state index is 10.7. The fourth-order valence-electron chi connectivity index (χ4n) is 1.67. The zero-order valence-corrected chi connectivity index (χ0v) is 9.31. The average molecular weight is 223 g/mol. The minimum absolute atomic E-state index is 0.0500. The monoisotopic (exact) mass is 223 g/mol. The predicted molar refractivity (Wildman–Crippen MR) is 61.5 cm³/mol. The minimum Gasteiger partial charge on any atom is -0.507 e. The number of aromatic hydroxyl groups is 1. The van der Waals surface area contributed by atoms with E-state index in [9.17, 15) is 9.90 Å². The van der Waals surface area contributed by atoms with E-state index in [4.69, 9.17) is 10.8 Å². The summed E-state index contributed by atoms with van der Waals surface area (Å²) in [5, 5.41) is 18.5. The Hall–Kier alpha value is -1.39. The maximum atomic E-state index is 10.7. The molecule has 88 valence electrons. The van der Waals surface area contributed by atoms with Crippen LogP contribution in [0.5, 0.6) is 5.75 Å². The van der Waals surface area contributed by atoms with Crippen molar-refractivity contribution in [2.75, 3.05) is 6.61 Å². The lowest BCUT2D eigenvalue weighted by atomic mass is 9.97. The lowest BCUT2D eigenvalue weighted by Gasteiger charge is -2.15. The van der Waals surface area contributed by atoms with E-state index in [1.807, 2.05) is 6.92 Å². The van der Waals surface area contributed by atoms with Gasteiger partial charge in [0, 0.05) is 18.2 Å². The topological polar surface area (TPSA) is 83.5 Å². The molecule has 0 amide bonds. The maximum Gasteiger partial charge on any atom is 0.153 e. The second kappa shape index (κ2) is 5.63. The Morgan fingerprint density at radius 3 is 2.75 bits per heavy atom. The molecule has 0 spiro atoms. The Kier molecular flexibility index (Phi) is 4.46. The van der Waals surface area contributed by atoms with Crippen molar-refractivity contribution >= 4 is 6.29 Å². The third-order valence-electron chi connectivity index (χ3n) is 2.51. The quantitative estimate of drug-likeness (QED) is 0.657. The molecule has 1 rings (SSSR count). The fraction of sp³-hybridized carbons (Fsp3) is 0.417. The molecule has 1 aromatic carbocycles. The smallest absolute Gasteiger partial charge is 0.153 e. The Morgan fingerprint density at radius 2 is 2.19 bits per heavy atom. The lowest BCUT2D eigenvalue weighted by Crippen LogP contribution is -2.12. The van der Waals surface area contributed by atoms with Gasteiger partial charge in [-0.3, -0.25) is 4.79 Å². The van der Waals surface area contributed by atoms with Gasteiger partial charge in [0.2, 0.25) is 0 Å². The summed E-state index contributed by atoms with van der Waals surface area (Å²) in [5.41, 5.74) is 7.60. The number of nitrogens with two attached hydrogens (primary N) is 1. The zero-order chi connectivity index (χ0) is 12.1. The Labute approximate surface area is 94.7 Å². The van der Waals surface area contributed by atoms with Crippen LogP contribution in [0.3, 0.4) is 0 Å². The molecule has 0 fully saturated rings. The molecule has 0 saturated heterocycles. The number of rotatable bonds is 5. The van der Waals surface area contributed by atoms with Crippen LogP contribution < -0.4 is 5.73 Å². The van der Waals surface area contributed by atoms with E-state index in [1.165, 1.54) is 0 Å². The average Bonchev–Trinajstić information content (AvgIpc) is 2.28. The number of aliphatic hydroxyl groups is 1. The third kappa shape index (κ3) is 2.81. The van der Waals surface area contributed by atoms with Crippen LogP contribution in [0.1, 0.15) is 40.4 Å². The molecular weight excluding hydrogens is 206 g/mol. The molecule has 0 aliphatic rings. The highest BCUT2D eigenvalue weighted by Gasteiger charge is 2.14. The summed E-state index contributed by atoms with van der Waals surface area (Å²) < 4.78 is 0. The molecule has 1 atom stereocenters. The first-order valence-corrected chi connectivity index (χ1v) is 5.25. The number of benzene rings is 1. The highest BCUT2D eigenvalue weighted by Crippen LogP contribution is 2.29. The highest BCUT2D eigenvalue weighted by molar-refractivity contribution is 5.80. The summed E-state index contributed by atoms with van der Waals surface area (Å²) in [5.74, 6) is -0.0500. The molecule has 4 N–H and O–H groups in total. The first-order chi connectivity index (χ1) is 7.60. The molecule has 0 aromatic heterocycles. The summed E-state index contributed by atoms with van der Waals surface area (Å²) in [7, 11) is 0. The van der Waals surface area contributed by atoms with Gasteiger partial charge in [0.15, 0.2) is 6.29 Å². The van der Waals surface area contributed by atoms with Crippen LogP contribution in [0, 0.1) is 6.92 Å². The van der Waals surface area contributed by atoms with Crippen LogP contribution in [-0.2, 0) is 0 Å². The lowest BCUT2D eigenvalue weighted by molar-refractivity contribution is 0.112. The van der Waals surface area contributed by atoms with Crippen molar-refractivity contribution in [1.29, 1.82) is 0 Å². The number of hydrogen-bond acceptors (Lipinski definition) is 4. The van der Waals surface area contributed by atoms with Gasteiger partial charge in [0.05, 0.1) is 5.56 Å². The van der Waals surface area contributed by atoms with Crippen molar-refractivity contribution < 1.29 is 15.0 Å². The molecule has 1 aromatic rings. The normalized spacial score (nSPS) is 12.4. The molecule has 4 nitrogen and oxygen atoms in total. The van der Waals surface area contributed by atoms with Crippen molar-refractivity contribution in [3.05, 3.63) is 28.8 Å². The van der Waals surface area contributed by atoms with Gasteiger partial charge in [0.1, 0.15) is 5.75 Å². The number of phenolic OH excluding ortho intramolecular Hbond substituents is 1. The van der Waals surface area contributed by atoms with Gasteiger partial charge in [-0.05, 0) is 31.4 Å².